The van der Waals surface area contributed by atoms with Crippen LogP contribution in [0.3, 0.4) is 0 Å². The lowest BCUT2D eigenvalue weighted by Gasteiger charge is -2.10. The zero-order chi connectivity index (χ0) is 15.2. The van der Waals surface area contributed by atoms with Gasteiger partial charge in [0.25, 0.3) is 0 Å². The van der Waals surface area contributed by atoms with Gasteiger partial charge < -0.3 is 0 Å². The summed E-state index contributed by atoms with van der Waals surface area (Å²) in [6, 6.07) is 5.30. The molecule has 1 rings (SSSR count). The molecule has 0 aliphatic carbocycles. The van der Waals surface area contributed by atoms with E-state index in [1.165, 1.54) is 24.3 Å². The zero-order valence-electron chi connectivity index (χ0n) is 11.4. The minimum Gasteiger partial charge on any atom is -0.225 e. The minimum absolute atomic E-state index is 0.279. The SMILES string of the molecule is CCCCCCNS(=O)(=O)c1ccccc1S(N)(=O)=O. The van der Waals surface area contributed by atoms with Crippen LogP contribution in [-0.2, 0) is 20.0 Å². The van der Waals surface area contributed by atoms with Gasteiger partial charge in [0.1, 0.15) is 9.79 Å². The van der Waals surface area contributed by atoms with Gasteiger partial charge in [-0.3, -0.25) is 0 Å². The van der Waals surface area contributed by atoms with Gasteiger partial charge in [-0.05, 0) is 18.6 Å². The number of primary sulfonamides is 1. The van der Waals surface area contributed by atoms with Crippen LogP contribution in [0.2, 0.25) is 0 Å². The van der Waals surface area contributed by atoms with Crippen LogP contribution in [0, 0.1) is 0 Å². The fourth-order valence-corrected chi connectivity index (χ4v) is 4.20. The van der Waals surface area contributed by atoms with Gasteiger partial charge in [0.05, 0.1) is 0 Å². The molecule has 0 saturated heterocycles. The van der Waals surface area contributed by atoms with Crippen LogP contribution in [0.15, 0.2) is 34.1 Å². The summed E-state index contributed by atoms with van der Waals surface area (Å²) in [5.41, 5.74) is 0. The molecule has 0 aliphatic heterocycles. The van der Waals surface area contributed by atoms with E-state index in [4.69, 9.17) is 5.14 Å². The number of benzene rings is 1. The normalized spacial score (nSPS) is 12.5. The van der Waals surface area contributed by atoms with Crippen LogP contribution in [0.4, 0.5) is 0 Å². The predicted molar refractivity (Wildman–Crippen MR) is 77.1 cm³/mol. The molecule has 20 heavy (non-hydrogen) atoms. The highest BCUT2D eigenvalue weighted by atomic mass is 32.2. The van der Waals surface area contributed by atoms with Gasteiger partial charge in [0, 0.05) is 6.54 Å². The Labute approximate surface area is 120 Å². The summed E-state index contributed by atoms with van der Waals surface area (Å²) < 4.78 is 49.4. The van der Waals surface area contributed by atoms with Crippen LogP contribution in [0.5, 0.6) is 0 Å². The second kappa shape index (κ2) is 7.16. The first-order valence-electron chi connectivity index (χ1n) is 6.40. The van der Waals surface area contributed by atoms with Crippen LogP contribution in [-0.4, -0.2) is 23.4 Å². The van der Waals surface area contributed by atoms with E-state index in [1.807, 2.05) is 0 Å². The first kappa shape index (κ1) is 17.1. The molecule has 0 spiro atoms. The highest BCUT2D eigenvalue weighted by Gasteiger charge is 2.23. The van der Waals surface area contributed by atoms with E-state index in [9.17, 15) is 16.8 Å². The second-order valence-electron chi connectivity index (χ2n) is 4.45. The molecular weight excluding hydrogens is 300 g/mol. The average molecular weight is 320 g/mol. The van der Waals surface area contributed by atoms with Crippen molar-refractivity contribution in [3.05, 3.63) is 24.3 Å². The third kappa shape index (κ3) is 4.86. The highest BCUT2D eigenvalue weighted by Crippen LogP contribution is 2.19. The molecule has 114 valence electrons. The summed E-state index contributed by atoms with van der Waals surface area (Å²) >= 11 is 0. The maximum atomic E-state index is 12.1. The minimum atomic E-state index is -4.07. The number of hydrogen-bond donors (Lipinski definition) is 2. The van der Waals surface area contributed by atoms with Crippen molar-refractivity contribution < 1.29 is 16.8 Å². The van der Waals surface area contributed by atoms with Gasteiger partial charge in [0.15, 0.2) is 0 Å². The molecule has 0 saturated carbocycles. The predicted octanol–water partition coefficient (Wildman–Crippen LogP) is 1.19. The maximum absolute atomic E-state index is 12.1. The van der Waals surface area contributed by atoms with Gasteiger partial charge in [-0.25, -0.2) is 26.7 Å². The Morgan fingerprint density at radius 3 is 2.15 bits per heavy atom. The molecule has 3 N–H and O–H groups in total. The molecule has 0 unspecified atom stereocenters. The van der Waals surface area contributed by atoms with E-state index in [-0.39, 0.29) is 16.3 Å². The van der Waals surface area contributed by atoms with Gasteiger partial charge in [-0.15, -0.1) is 0 Å². The number of hydrogen-bond acceptors (Lipinski definition) is 4. The highest BCUT2D eigenvalue weighted by molar-refractivity contribution is 7.92. The lowest BCUT2D eigenvalue weighted by atomic mass is 10.2. The van der Waals surface area contributed by atoms with E-state index in [0.717, 1.165) is 19.3 Å². The van der Waals surface area contributed by atoms with Gasteiger partial charge in [0.2, 0.25) is 20.0 Å². The number of unbranched alkanes of at least 4 members (excludes halogenated alkanes) is 3. The second-order valence-corrected chi connectivity index (χ2v) is 7.72. The summed E-state index contributed by atoms with van der Waals surface area (Å²) in [6.45, 7) is 2.34. The Hall–Kier alpha value is -0.960. The lowest BCUT2D eigenvalue weighted by Crippen LogP contribution is -2.27. The monoisotopic (exact) mass is 320 g/mol. The van der Waals surface area contributed by atoms with Gasteiger partial charge in [-0.2, -0.15) is 0 Å². The van der Waals surface area contributed by atoms with Crippen molar-refractivity contribution >= 4 is 20.0 Å². The van der Waals surface area contributed by atoms with Crippen LogP contribution >= 0.6 is 0 Å². The molecule has 8 heteroatoms. The Kier molecular flexibility index (Phi) is 6.12. The molecule has 6 nitrogen and oxygen atoms in total. The van der Waals surface area contributed by atoms with Crippen molar-refractivity contribution in [2.24, 2.45) is 5.14 Å². The third-order valence-electron chi connectivity index (χ3n) is 2.77. The molecule has 0 fully saturated rings. The summed E-state index contributed by atoms with van der Waals surface area (Å²) in [5, 5.41) is 5.03. The third-order valence-corrected chi connectivity index (χ3v) is 5.39. The van der Waals surface area contributed by atoms with Crippen molar-refractivity contribution in [2.45, 2.75) is 42.4 Å². The molecule has 0 aliphatic rings. The van der Waals surface area contributed by atoms with E-state index in [1.54, 1.807) is 0 Å². The van der Waals surface area contributed by atoms with Crippen LogP contribution in [0.1, 0.15) is 32.6 Å². The fourth-order valence-electron chi connectivity index (χ4n) is 1.74. The lowest BCUT2D eigenvalue weighted by molar-refractivity contribution is 0.567. The zero-order valence-corrected chi connectivity index (χ0v) is 13.0. The molecule has 0 atom stereocenters. The largest absolute Gasteiger partial charge is 0.241 e. The quantitative estimate of drug-likeness (QED) is 0.702. The molecular formula is C12H20N2O4S2. The number of nitrogens with two attached hydrogens (primary N) is 1. The van der Waals surface area contributed by atoms with Crippen molar-refractivity contribution in [3.63, 3.8) is 0 Å². The van der Waals surface area contributed by atoms with E-state index in [0.29, 0.717) is 6.42 Å². The summed E-state index contributed by atoms with van der Waals surface area (Å²) in [5.74, 6) is 0. The molecule has 0 aromatic heterocycles. The molecule has 0 radical (unpaired) electrons. The summed E-state index contributed by atoms with van der Waals surface area (Å²) in [7, 11) is -7.95. The number of nitrogens with one attached hydrogen (secondary N) is 1. The number of rotatable bonds is 8. The van der Waals surface area contributed by atoms with E-state index in [2.05, 4.69) is 11.6 Å². The first-order chi connectivity index (χ1) is 9.29. The van der Waals surface area contributed by atoms with Gasteiger partial charge >= 0.3 is 0 Å². The smallest absolute Gasteiger partial charge is 0.225 e. The molecule has 0 bridgehead atoms. The Balaban J connectivity index is 2.89. The standard InChI is InChI=1S/C12H20N2O4S2/c1-2-3-4-7-10-14-20(17,18)12-9-6-5-8-11(12)19(13,15)16/h5-6,8-9,14H,2-4,7,10H2,1H3,(H2,13,15,16). The van der Waals surface area contributed by atoms with Crippen LogP contribution < -0.4 is 9.86 Å². The number of sulfonamides is 2. The molecule has 1 aromatic rings. The Bertz CT molecular complexity index is 639. The van der Waals surface area contributed by atoms with E-state index >= 15 is 0 Å². The van der Waals surface area contributed by atoms with Crippen molar-refractivity contribution in [1.29, 1.82) is 0 Å². The van der Waals surface area contributed by atoms with Crippen molar-refractivity contribution in [1.82, 2.24) is 4.72 Å². The molecule has 0 amide bonds. The van der Waals surface area contributed by atoms with Gasteiger partial charge in [-0.1, -0.05) is 38.3 Å². The maximum Gasteiger partial charge on any atom is 0.241 e. The summed E-state index contributed by atoms with van der Waals surface area (Å²) in [6.07, 6.45) is 3.73. The molecule has 0 heterocycles. The van der Waals surface area contributed by atoms with Crippen molar-refractivity contribution in [3.8, 4) is 0 Å². The average Bonchev–Trinajstić information content (AvgIpc) is 2.37. The Morgan fingerprint density at radius 2 is 1.60 bits per heavy atom. The van der Waals surface area contributed by atoms with E-state index < -0.39 is 20.0 Å². The fraction of sp³-hybridized carbons (Fsp3) is 0.500. The first-order valence-corrected chi connectivity index (χ1v) is 9.43. The Morgan fingerprint density at radius 1 is 1.00 bits per heavy atom. The van der Waals surface area contributed by atoms with Crippen molar-refractivity contribution in [2.75, 3.05) is 6.54 Å². The molecule has 1 aromatic carbocycles. The summed E-state index contributed by atoms with van der Waals surface area (Å²) in [4.78, 5) is -0.695. The topological polar surface area (TPSA) is 106 Å². The van der Waals surface area contributed by atoms with Crippen LogP contribution in [0.25, 0.3) is 0 Å².